The van der Waals surface area contributed by atoms with E-state index in [9.17, 15) is 4.79 Å². The van der Waals surface area contributed by atoms with Crippen molar-refractivity contribution in [2.75, 3.05) is 11.5 Å². The van der Waals surface area contributed by atoms with Crippen molar-refractivity contribution in [3.8, 4) is 11.3 Å². The normalized spacial score (nSPS) is 10.5. The third kappa shape index (κ3) is 2.28. The second-order valence-corrected chi connectivity index (χ2v) is 4.72. The summed E-state index contributed by atoms with van der Waals surface area (Å²) >= 11 is 1.69. The van der Waals surface area contributed by atoms with Gasteiger partial charge in [-0.3, -0.25) is 4.79 Å². The molecule has 0 aliphatic rings. The van der Waals surface area contributed by atoms with Crippen LogP contribution in [0.4, 0.5) is 11.4 Å². The van der Waals surface area contributed by atoms with Crippen LogP contribution in [0.1, 0.15) is 16.1 Å². The molecule has 1 aromatic heterocycles. The topological polar surface area (TPSA) is 82.2 Å². The molecule has 4 nitrogen and oxygen atoms in total. The molecule has 17 heavy (non-hydrogen) atoms. The van der Waals surface area contributed by atoms with Crippen LogP contribution in [0, 0.1) is 6.92 Å². The molecule has 0 bridgehead atoms. The largest absolute Gasteiger partial charge is 0.452 e. The monoisotopic (exact) mass is 342 g/mol. The van der Waals surface area contributed by atoms with E-state index in [1.54, 1.807) is 40.8 Å². The maximum Gasteiger partial charge on any atom is 0.257 e. The van der Waals surface area contributed by atoms with Crippen molar-refractivity contribution < 1.29 is 9.21 Å². The summed E-state index contributed by atoms with van der Waals surface area (Å²) in [6.45, 7) is 1.88. The number of halogens is 1. The number of nitrogen functional groups attached to an aromatic ring is 2. The molecule has 0 fully saturated rings. The third-order valence-electron chi connectivity index (χ3n) is 2.46. The molecule has 0 unspecified atom stereocenters. The summed E-state index contributed by atoms with van der Waals surface area (Å²) in [5.74, 6) is 0.991. The number of furan rings is 1. The summed E-state index contributed by atoms with van der Waals surface area (Å²) < 4.78 is 5.38. The number of aryl methyl sites for hydroxylation is 1. The molecule has 4 N–H and O–H groups in total. The predicted molar refractivity (Wildman–Crippen MR) is 76.1 cm³/mol. The van der Waals surface area contributed by atoms with Crippen LogP contribution in [-0.4, -0.2) is 3.79 Å². The first-order chi connectivity index (χ1) is 7.99. The zero-order valence-corrected chi connectivity index (χ0v) is 11.3. The molecule has 0 saturated carbocycles. The first-order valence-electron chi connectivity index (χ1n) is 4.94. The number of rotatable bonds is 2. The van der Waals surface area contributed by atoms with E-state index in [1.165, 1.54) is 0 Å². The van der Waals surface area contributed by atoms with E-state index >= 15 is 0 Å². The second-order valence-electron chi connectivity index (χ2n) is 3.74. The Morgan fingerprint density at radius 1 is 1.24 bits per heavy atom. The standard InChI is InChI=1S/C12H11IN2O2/c1-6-4-10(12(13)16)17-11(6)7-2-3-8(14)9(15)5-7/h2-5H,14-15H2,1H3. The van der Waals surface area contributed by atoms with Crippen molar-refractivity contribution in [2.45, 2.75) is 6.92 Å². The first kappa shape index (κ1) is 12.0. The summed E-state index contributed by atoms with van der Waals surface area (Å²) in [6.07, 6.45) is 0. The van der Waals surface area contributed by atoms with Crippen molar-refractivity contribution >= 4 is 37.8 Å². The molecule has 0 amide bonds. The van der Waals surface area contributed by atoms with Gasteiger partial charge in [0.25, 0.3) is 3.79 Å². The van der Waals surface area contributed by atoms with Crippen LogP contribution in [0.2, 0.25) is 0 Å². The molecule has 0 saturated heterocycles. The quantitative estimate of drug-likeness (QED) is 0.499. The molecule has 0 aliphatic heterocycles. The molecule has 2 aromatic rings. The Bertz CT molecular complexity index is 590. The fourth-order valence-corrected chi connectivity index (χ4v) is 1.85. The van der Waals surface area contributed by atoms with Crippen molar-refractivity contribution in [1.82, 2.24) is 0 Å². The number of nitrogens with two attached hydrogens (primary N) is 2. The molecular weight excluding hydrogens is 331 g/mol. The molecule has 2 rings (SSSR count). The van der Waals surface area contributed by atoms with Crippen LogP contribution in [-0.2, 0) is 0 Å². The zero-order valence-electron chi connectivity index (χ0n) is 9.16. The van der Waals surface area contributed by atoms with Gasteiger partial charge in [-0.1, -0.05) is 0 Å². The van der Waals surface area contributed by atoms with Gasteiger partial charge in [0.15, 0.2) is 5.76 Å². The maximum atomic E-state index is 11.2. The SMILES string of the molecule is Cc1cc(C(=O)I)oc1-c1ccc(N)c(N)c1. The van der Waals surface area contributed by atoms with E-state index in [1.807, 2.05) is 13.0 Å². The summed E-state index contributed by atoms with van der Waals surface area (Å²) in [4.78, 5) is 11.2. The Morgan fingerprint density at radius 2 is 1.94 bits per heavy atom. The Hall–Kier alpha value is -1.50. The van der Waals surface area contributed by atoms with E-state index in [0.29, 0.717) is 22.9 Å². The summed E-state index contributed by atoms with van der Waals surface area (Å²) in [6, 6.07) is 7.00. The van der Waals surface area contributed by atoms with E-state index in [4.69, 9.17) is 15.9 Å². The van der Waals surface area contributed by atoms with Crippen LogP contribution in [0.15, 0.2) is 28.7 Å². The van der Waals surface area contributed by atoms with Gasteiger partial charge in [-0.05, 0) is 36.8 Å². The minimum absolute atomic E-state index is 0.125. The molecule has 5 heteroatoms. The van der Waals surface area contributed by atoms with Gasteiger partial charge in [-0.15, -0.1) is 0 Å². The van der Waals surface area contributed by atoms with Crippen LogP contribution in [0.5, 0.6) is 0 Å². The molecule has 1 aromatic carbocycles. The fraction of sp³-hybridized carbons (Fsp3) is 0.0833. The summed E-state index contributed by atoms with van der Waals surface area (Å²) in [5, 5.41) is 0. The van der Waals surface area contributed by atoms with Gasteiger partial charge in [-0.25, -0.2) is 0 Å². The van der Waals surface area contributed by atoms with E-state index in [-0.39, 0.29) is 3.79 Å². The molecule has 1 heterocycles. The van der Waals surface area contributed by atoms with Gasteiger partial charge in [-0.2, -0.15) is 0 Å². The molecule has 0 spiro atoms. The Morgan fingerprint density at radius 3 is 2.47 bits per heavy atom. The van der Waals surface area contributed by atoms with Gasteiger partial charge >= 0.3 is 0 Å². The van der Waals surface area contributed by atoms with Gasteiger partial charge in [0, 0.05) is 28.2 Å². The maximum absolute atomic E-state index is 11.2. The average molecular weight is 342 g/mol. The number of anilines is 2. The number of benzene rings is 1. The lowest BCUT2D eigenvalue weighted by molar-refractivity contribution is 0.108. The van der Waals surface area contributed by atoms with Crippen molar-refractivity contribution in [2.24, 2.45) is 0 Å². The third-order valence-corrected chi connectivity index (χ3v) is 2.99. The van der Waals surface area contributed by atoms with Crippen LogP contribution in [0.25, 0.3) is 11.3 Å². The predicted octanol–water partition coefficient (Wildman–Crippen LogP) is 2.99. The van der Waals surface area contributed by atoms with E-state index in [2.05, 4.69) is 0 Å². The number of hydrogen-bond acceptors (Lipinski definition) is 4. The number of hydrogen-bond donors (Lipinski definition) is 2. The molecule has 0 aliphatic carbocycles. The lowest BCUT2D eigenvalue weighted by atomic mass is 10.1. The minimum atomic E-state index is -0.125. The lowest BCUT2D eigenvalue weighted by Crippen LogP contribution is -1.94. The van der Waals surface area contributed by atoms with E-state index < -0.39 is 0 Å². The average Bonchev–Trinajstić information content (AvgIpc) is 2.65. The first-order valence-corrected chi connectivity index (χ1v) is 6.02. The summed E-state index contributed by atoms with van der Waals surface area (Å²) in [7, 11) is 0. The highest BCUT2D eigenvalue weighted by atomic mass is 127. The van der Waals surface area contributed by atoms with Crippen LogP contribution in [0.3, 0.4) is 0 Å². The van der Waals surface area contributed by atoms with Gasteiger partial charge in [0.2, 0.25) is 0 Å². The van der Waals surface area contributed by atoms with Crippen LogP contribution >= 0.6 is 22.6 Å². The Labute approximate surface area is 112 Å². The smallest absolute Gasteiger partial charge is 0.257 e. The van der Waals surface area contributed by atoms with Crippen molar-refractivity contribution in [3.05, 3.63) is 35.6 Å². The van der Waals surface area contributed by atoms with Gasteiger partial charge in [0.05, 0.1) is 11.4 Å². The second kappa shape index (κ2) is 4.40. The van der Waals surface area contributed by atoms with Gasteiger partial charge < -0.3 is 15.9 Å². The number of carbonyl (C=O) groups is 1. The highest BCUT2D eigenvalue weighted by molar-refractivity contribution is 14.1. The van der Waals surface area contributed by atoms with E-state index in [0.717, 1.165) is 11.1 Å². The lowest BCUT2D eigenvalue weighted by Gasteiger charge is -2.03. The van der Waals surface area contributed by atoms with Crippen LogP contribution < -0.4 is 11.5 Å². The molecule has 88 valence electrons. The number of carbonyl (C=O) groups excluding carboxylic acids is 1. The van der Waals surface area contributed by atoms with Crippen molar-refractivity contribution in [3.63, 3.8) is 0 Å². The Balaban J connectivity index is 2.52. The highest BCUT2D eigenvalue weighted by Gasteiger charge is 2.14. The Kier molecular flexibility index (Phi) is 3.10. The molecular formula is C12H11IN2O2. The minimum Gasteiger partial charge on any atom is -0.452 e. The molecule has 0 radical (unpaired) electrons. The highest BCUT2D eigenvalue weighted by Crippen LogP contribution is 2.30. The fourth-order valence-electron chi connectivity index (χ4n) is 1.58. The van der Waals surface area contributed by atoms with Gasteiger partial charge in [0.1, 0.15) is 5.76 Å². The molecule has 0 atom stereocenters. The zero-order chi connectivity index (χ0) is 12.6. The van der Waals surface area contributed by atoms with Crippen molar-refractivity contribution in [1.29, 1.82) is 0 Å². The summed E-state index contributed by atoms with van der Waals surface area (Å²) in [5.41, 5.74) is 14.1.